The Labute approximate surface area is 109 Å². The van der Waals surface area contributed by atoms with Crippen molar-refractivity contribution in [2.24, 2.45) is 0 Å². The van der Waals surface area contributed by atoms with E-state index in [1.165, 1.54) is 0 Å². The number of nitrogens with zero attached hydrogens (tertiary/aromatic N) is 3. The van der Waals surface area contributed by atoms with Crippen LogP contribution < -0.4 is 10.9 Å². The Hall–Kier alpha value is -2.63. The third-order valence-electron chi connectivity index (χ3n) is 2.88. The van der Waals surface area contributed by atoms with Gasteiger partial charge in [0.2, 0.25) is 0 Å². The van der Waals surface area contributed by atoms with E-state index in [9.17, 15) is 4.79 Å². The summed E-state index contributed by atoms with van der Waals surface area (Å²) >= 11 is 0. The molecule has 0 saturated carbocycles. The van der Waals surface area contributed by atoms with Crippen LogP contribution in [0.3, 0.4) is 0 Å². The van der Waals surface area contributed by atoms with Crippen LogP contribution >= 0.6 is 0 Å². The van der Waals surface area contributed by atoms with Gasteiger partial charge in [-0.1, -0.05) is 23.4 Å². The number of anilines is 1. The van der Waals surface area contributed by atoms with Crippen LogP contribution in [-0.4, -0.2) is 26.5 Å². The van der Waals surface area contributed by atoms with E-state index < -0.39 is 0 Å². The fraction of sp³-hybridized carbons (Fsp3) is 0.154. The summed E-state index contributed by atoms with van der Waals surface area (Å²) < 4.78 is 1.73. The van der Waals surface area contributed by atoms with Gasteiger partial charge >= 0.3 is 0 Å². The first kappa shape index (κ1) is 11.5. The normalized spacial score (nSPS) is 10.7. The van der Waals surface area contributed by atoms with Crippen molar-refractivity contribution in [2.45, 2.75) is 6.54 Å². The molecular weight excluding hydrogens is 242 g/mol. The number of hydrogen-bond acceptors (Lipinski definition) is 4. The summed E-state index contributed by atoms with van der Waals surface area (Å²) in [5.41, 5.74) is -0.0821. The fourth-order valence-electron chi connectivity index (χ4n) is 1.96. The lowest BCUT2D eigenvalue weighted by Gasteiger charge is -2.07. The predicted octanol–water partition coefficient (Wildman–Crippen LogP) is 1.23. The minimum atomic E-state index is -0.0821. The first-order valence-electron chi connectivity index (χ1n) is 6.03. The first-order valence-corrected chi connectivity index (χ1v) is 6.03. The van der Waals surface area contributed by atoms with Gasteiger partial charge in [-0.05, 0) is 17.5 Å². The standard InChI is InChI=1S/C13H13N5O/c19-13-11-4-2-1-3-10(11)9-12(16-13)14-5-7-18-8-6-15-17-18/h1-4,6,8-9H,5,7H2,(H2,14,16,19). The fourth-order valence-corrected chi connectivity index (χ4v) is 1.96. The number of nitrogens with one attached hydrogen (secondary N) is 2. The van der Waals surface area contributed by atoms with E-state index in [1.807, 2.05) is 30.3 Å². The van der Waals surface area contributed by atoms with Crippen LogP contribution in [0.2, 0.25) is 0 Å². The van der Waals surface area contributed by atoms with Crippen molar-refractivity contribution in [3.05, 3.63) is 53.1 Å². The summed E-state index contributed by atoms with van der Waals surface area (Å²) in [5, 5.41) is 12.4. The molecule has 96 valence electrons. The quantitative estimate of drug-likeness (QED) is 0.735. The number of aromatic amines is 1. The average Bonchev–Trinajstić information content (AvgIpc) is 2.92. The Bertz CT molecular complexity index is 732. The van der Waals surface area contributed by atoms with Crippen LogP contribution in [-0.2, 0) is 6.54 Å². The lowest BCUT2D eigenvalue weighted by atomic mass is 10.2. The molecule has 2 heterocycles. The smallest absolute Gasteiger partial charge is 0.257 e. The van der Waals surface area contributed by atoms with E-state index in [1.54, 1.807) is 17.1 Å². The van der Waals surface area contributed by atoms with Gasteiger partial charge in [0.1, 0.15) is 5.82 Å². The number of aromatic nitrogens is 4. The van der Waals surface area contributed by atoms with Gasteiger partial charge in [-0.25, -0.2) is 0 Å². The van der Waals surface area contributed by atoms with Crippen molar-refractivity contribution in [3.63, 3.8) is 0 Å². The minimum Gasteiger partial charge on any atom is -0.370 e. The molecule has 0 bridgehead atoms. The molecule has 2 N–H and O–H groups in total. The second-order valence-electron chi connectivity index (χ2n) is 4.19. The highest BCUT2D eigenvalue weighted by Gasteiger charge is 2.00. The molecule has 0 aliphatic carbocycles. The number of hydrogen-bond donors (Lipinski definition) is 2. The number of H-pyrrole nitrogens is 1. The number of pyridine rings is 1. The van der Waals surface area contributed by atoms with Gasteiger partial charge in [-0.15, -0.1) is 5.10 Å². The van der Waals surface area contributed by atoms with Crippen molar-refractivity contribution in [1.29, 1.82) is 0 Å². The van der Waals surface area contributed by atoms with Crippen molar-refractivity contribution >= 4 is 16.6 Å². The van der Waals surface area contributed by atoms with Crippen molar-refractivity contribution in [1.82, 2.24) is 20.0 Å². The van der Waals surface area contributed by atoms with Crippen LogP contribution in [0, 0.1) is 0 Å². The third-order valence-corrected chi connectivity index (χ3v) is 2.88. The Balaban J connectivity index is 1.76. The van der Waals surface area contributed by atoms with Gasteiger partial charge in [-0.2, -0.15) is 0 Å². The number of rotatable bonds is 4. The highest BCUT2D eigenvalue weighted by molar-refractivity contribution is 5.83. The highest BCUT2D eigenvalue weighted by Crippen LogP contribution is 2.12. The van der Waals surface area contributed by atoms with Gasteiger partial charge in [0.15, 0.2) is 0 Å². The van der Waals surface area contributed by atoms with E-state index in [0.29, 0.717) is 24.3 Å². The topological polar surface area (TPSA) is 75.6 Å². The molecule has 0 radical (unpaired) electrons. The zero-order chi connectivity index (χ0) is 13.1. The molecule has 2 aromatic heterocycles. The molecule has 0 aliphatic heterocycles. The first-order chi connectivity index (χ1) is 9.33. The lowest BCUT2D eigenvalue weighted by Crippen LogP contribution is -2.15. The summed E-state index contributed by atoms with van der Waals surface area (Å²) in [5.74, 6) is 0.712. The molecular formula is C13H13N5O. The second kappa shape index (κ2) is 4.93. The molecule has 0 amide bonds. The zero-order valence-corrected chi connectivity index (χ0v) is 10.2. The Morgan fingerprint density at radius 3 is 3.05 bits per heavy atom. The SMILES string of the molecule is O=c1[nH]c(NCCn2ccnn2)cc2ccccc12. The summed E-state index contributed by atoms with van der Waals surface area (Å²) in [6.45, 7) is 1.35. The Morgan fingerprint density at radius 2 is 2.21 bits per heavy atom. The largest absolute Gasteiger partial charge is 0.370 e. The molecule has 0 spiro atoms. The minimum absolute atomic E-state index is 0.0821. The van der Waals surface area contributed by atoms with E-state index in [0.717, 1.165) is 5.39 Å². The highest BCUT2D eigenvalue weighted by atomic mass is 16.1. The van der Waals surface area contributed by atoms with Gasteiger partial charge in [0, 0.05) is 18.1 Å². The molecule has 0 saturated heterocycles. The van der Waals surface area contributed by atoms with Crippen LogP contribution in [0.25, 0.3) is 10.8 Å². The molecule has 6 nitrogen and oxygen atoms in total. The van der Waals surface area contributed by atoms with Crippen LogP contribution in [0.15, 0.2) is 47.5 Å². The zero-order valence-electron chi connectivity index (χ0n) is 10.2. The molecule has 3 rings (SSSR count). The summed E-state index contributed by atoms with van der Waals surface area (Å²) in [7, 11) is 0. The Morgan fingerprint density at radius 1 is 1.32 bits per heavy atom. The molecule has 0 unspecified atom stereocenters. The Kier molecular flexibility index (Phi) is 2.97. The maximum Gasteiger partial charge on any atom is 0.257 e. The molecule has 0 fully saturated rings. The lowest BCUT2D eigenvalue weighted by molar-refractivity contribution is 0.608. The second-order valence-corrected chi connectivity index (χ2v) is 4.19. The molecule has 6 heteroatoms. The van der Waals surface area contributed by atoms with Crippen molar-refractivity contribution in [3.8, 4) is 0 Å². The van der Waals surface area contributed by atoms with E-state index >= 15 is 0 Å². The van der Waals surface area contributed by atoms with Crippen LogP contribution in [0.1, 0.15) is 0 Å². The summed E-state index contributed by atoms with van der Waals surface area (Å²) in [4.78, 5) is 14.7. The maximum absolute atomic E-state index is 11.9. The summed E-state index contributed by atoms with van der Waals surface area (Å²) in [6, 6.07) is 9.44. The molecule has 19 heavy (non-hydrogen) atoms. The average molecular weight is 255 g/mol. The number of fused-ring (bicyclic) bond motifs is 1. The molecule has 3 aromatic rings. The van der Waals surface area contributed by atoms with Crippen molar-refractivity contribution < 1.29 is 0 Å². The third kappa shape index (κ3) is 2.47. The van der Waals surface area contributed by atoms with Gasteiger partial charge in [0.25, 0.3) is 5.56 Å². The van der Waals surface area contributed by atoms with Gasteiger partial charge in [0.05, 0.1) is 12.7 Å². The molecule has 0 atom stereocenters. The van der Waals surface area contributed by atoms with E-state index in [-0.39, 0.29) is 5.56 Å². The van der Waals surface area contributed by atoms with Gasteiger partial charge < -0.3 is 10.3 Å². The monoisotopic (exact) mass is 255 g/mol. The predicted molar refractivity (Wildman–Crippen MR) is 73.1 cm³/mol. The molecule has 1 aromatic carbocycles. The van der Waals surface area contributed by atoms with Crippen LogP contribution in [0.5, 0.6) is 0 Å². The van der Waals surface area contributed by atoms with E-state index in [2.05, 4.69) is 20.6 Å². The van der Waals surface area contributed by atoms with E-state index in [4.69, 9.17) is 0 Å². The van der Waals surface area contributed by atoms with Crippen LogP contribution in [0.4, 0.5) is 5.82 Å². The number of benzene rings is 1. The molecule has 0 aliphatic rings. The maximum atomic E-state index is 11.9. The van der Waals surface area contributed by atoms with Crippen molar-refractivity contribution in [2.75, 3.05) is 11.9 Å². The van der Waals surface area contributed by atoms with Gasteiger partial charge in [-0.3, -0.25) is 9.48 Å². The summed E-state index contributed by atoms with van der Waals surface area (Å²) in [6.07, 6.45) is 3.43.